The van der Waals surface area contributed by atoms with Crippen LogP contribution < -0.4 is 5.32 Å². The van der Waals surface area contributed by atoms with E-state index in [0.717, 1.165) is 6.42 Å². The second-order valence-electron chi connectivity index (χ2n) is 2.98. The molecule has 1 unspecified atom stereocenters. The molecule has 0 saturated carbocycles. The Kier molecular flexibility index (Phi) is 4.32. The lowest BCUT2D eigenvalue weighted by Gasteiger charge is -2.11. The van der Waals surface area contributed by atoms with Gasteiger partial charge in [-0.15, -0.1) is 11.6 Å². The van der Waals surface area contributed by atoms with Crippen LogP contribution >= 0.6 is 11.6 Å². The molecule has 0 aromatic carbocycles. The fraction of sp³-hybridized carbons (Fsp3) is 0.444. The van der Waals surface area contributed by atoms with Gasteiger partial charge in [-0.3, -0.25) is 4.79 Å². The Bertz CT molecular complexity index is 291. The van der Waals surface area contributed by atoms with E-state index in [0.29, 0.717) is 11.4 Å². The highest BCUT2D eigenvalue weighted by molar-refractivity contribution is 6.17. The minimum Gasteiger partial charge on any atom is -0.349 e. The van der Waals surface area contributed by atoms with Crippen LogP contribution in [0.3, 0.4) is 0 Å². The third-order valence-corrected chi connectivity index (χ3v) is 1.96. The van der Waals surface area contributed by atoms with E-state index in [4.69, 9.17) is 11.6 Å². The zero-order valence-corrected chi connectivity index (χ0v) is 8.66. The lowest BCUT2D eigenvalue weighted by Crippen LogP contribution is -2.32. The molecule has 14 heavy (non-hydrogen) atoms. The second-order valence-corrected chi connectivity index (χ2v) is 3.36. The van der Waals surface area contributed by atoms with Crippen molar-refractivity contribution < 1.29 is 4.79 Å². The lowest BCUT2D eigenvalue weighted by atomic mass is 10.2. The molecule has 1 aromatic rings. The zero-order valence-electron chi connectivity index (χ0n) is 7.90. The predicted molar refractivity (Wildman–Crippen MR) is 54.3 cm³/mol. The largest absolute Gasteiger partial charge is 0.349 e. The molecule has 0 saturated heterocycles. The van der Waals surface area contributed by atoms with Crippen molar-refractivity contribution in [2.24, 2.45) is 0 Å². The molecular weight excluding hydrogens is 202 g/mol. The van der Waals surface area contributed by atoms with Gasteiger partial charge in [-0.05, 0) is 13.3 Å². The van der Waals surface area contributed by atoms with E-state index in [1.54, 1.807) is 0 Å². The maximum atomic E-state index is 11.5. The van der Waals surface area contributed by atoms with Gasteiger partial charge in [0.15, 0.2) is 0 Å². The van der Waals surface area contributed by atoms with E-state index < -0.39 is 0 Å². The molecule has 5 heteroatoms. The van der Waals surface area contributed by atoms with Gasteiger partial charge in [0.25, 0.3) is 5.91 Å². The molecule has 0 aliphatic carbocycles. The minimum atomic E-state index is -0.164. The Labute approximate surface area is 87.7 Å². The molecule has 1 aromatic heterocycles. The topological polar surface area (TPSA) is 54.9 Å². The Hall–Kier alpha value is -1.16. The van der Waals surface area contributed by atoms with Gasteiger partial charge in [0.2, 0.25) is 0 Å². The molecule has 76 valence electrons. The summed E-state index contributed by atoms with van der Waals surface area (Å²) in [6.45, 7) is 1.91. The fourth-order valence-corrected chi connectivity index (χ4v) is 1.29. The molecule has 1 amide bonds. The lowest BCUT2D eigenvalue weighted by molar-refractivity contribution is 0.0938. The van der Waals surface area contributed by atoms with Crippen molar-refractivity contribution in [1.82, 2.24) is 15.3 Å². The van der Waals surface area contributed by atoms with Crippen LogP contribution in [-0.4, -0.2) is 27.8 Å². The zero-order chi connectivity index (χ0) is 10.4. The SMILES string of the molecule is CC(CCCl)NC(=O)c1cncnc1. The smallest absolute Gasteiger partial charge is 0.254 e. The first-order valence-corrected chi connectivity index (χ1v) is 4.89. The number of nitrogens with zero attached hydrogens (tertiary/aromatic N) is 2. The third kappa shape index (κ3) is 3.30. The highest BCUT2D eigenvalue weighted by Gasteiger charge is 2.08. The summed E-state index contributed by atoms with van der Waals surface area (Å²) in [7, 11) is 0. The molecule has 0 spiro atoms. The molecule has 0 bridgehead atoms. The third-order valence-electron chi connectivity index (χ3n) is 1.74. The van der Waals surface area contributed by atoms with Crippen LogP contribution in [0.25, 0.3) is 0 Å². The normalized spacial score (nSPS) is 12.1. The Morgan fingerprint density at radius 3 is 2.79 bits per heavy atom. The van der Waals surface area contributed by atoms with Crippen LogP contribution in [0.2, 0.25) is 0 Å². The van der Waals surface area contributed by atoms with Gasteiger partial charge in [0, 0.05) is 24.3 Å². The van der Waals surface area contributed by atoms with Gasteiger partial charge in [-0.2, -0.15) is 0 Å². The molecule has 0 fully saturated rings. The number of carbonyl (C=O) groups excluding carboxylic acids is 1. The van der Waals surface area contributed by atoms with Gasteiger partial charge in [-0.25, -0.2) is 9.97 Å². The number of hydrogen-bond acceptors (Lipinski definition) is 3. The Balaban J connectivity index is 2.51. The average molecular weight is 214 g/mol. The molecular formula is C9H12ClN3O. The summed E-state index contributed by atoms with van der Waals surface area (Å²) >= 11 is 5.55. The summed E-state index contributed by atoms with van der Waals surface area (Å²) in [4.78, 5) is 19.0. The van der Waals surface area contributed by atoms with Crippen LogP contribution in [0, 0.1) is 0 Å². The molecule has 0 radical (unpaired) electrons. The summed E-state index contributed by atoms with van der Waals surface area (Å²) in [5.41, 5.74) is 0.467. The highest BCUT2D eigenvalue weighted by Crippen LogP contribution is 1.97. The standard InChI is InChI=1S/C9H12ClN3O/c1-7(2-3-10)13-9(14)8-4-11-6-12-5-8/h4-7H,2-3H2,1H3,(H,13,14). The van der Waals surface area contributed by atoms with Gasteiger partial charge in [0.1, 0.15) is 6.33 Å². The highest BCUT2D eigenvalue weighted by atomic mass is 35.5. The van der Waals surface area contributed by atoms with E-state index in [2.05, 4.69) is 15.3 Å². The van der Waals surface area contributed by atoms with Gasteiger partial charge < -0.3 is 5.32 Å². The molecule has 1 rings (SSSR count). The number of halogens is 1. The second kappa shape index (κ2) is 5.54. The summed E-state index contributed by atoms with van der Waals surface area (Å²) in [5, 5.41) is 2.79. The first kappa shape index (κ1) is 10.9. The fourth-order valence-electron chi connectivity index (χ4n) is 0.959. The molecule has 1 atom stereocenters. The summed E-state index contributed by atoms with van der Waals surface area (Å²) < 4.78 is 0. The Morgan fingerprint density at radius 1 is 1.57 bits per heavy atom. The average Bonchev–Trinajstić information content (AvgIpc) is 2.19. The number of carbonyl (C=O) groups is 1. The van der Waals surface area contributed by atoms with E-state index in [9.17, 15) is 4.79 Å². The van der Waals surface area contributed by atoms with E-state index in [1.165, 1.54) is 18.7 Å². The maximum absolute atomic E-state index is 11.5. The first-order valence-electron chi connectivity index (χ1n) is 4.36. The molecule has 0 aliphatic rings. The summed E-state index contributed by atoms with van der Waals surface area (Å²) in [6.07, 6.45) is 5.10. The summed E-state index contributed by atoms with van der Waals surface area (Å²) in [6, 6.07) is 0.0696. The monoisotopic (exact) mass is 213 g/mol. The van der Waals surface area contributed by atoms with Crippen molar-refractivity contribution in [3.8, 4) is 0 Å². The van der Waals surface area contributed by atoms with Crippen LogP contribution in [0.5, 0.6) is 0 Å². The van der Waals surface area contributed by atoms with Crippen molar-refractivity contribution in [3.63, 3.8) is 0 Å². The summed E-state index contributed by atoms with van der Waals surface area (Å²) in [5.74, 6) is 0.371. The van der Waals surface area contributed by atoms with E-state index in [-0.39, 0.29) is 11.9 Å². The van der Waals surface area contributed by atoms with Crippen LogP contribution in [-0.2, 0) is 0 Å². The molecule has 0 aliphatic heterocycles. The molecule has 1 N–H and O–H groups in total. The minimum absolute atomic E-state index is 0.0696. The van der Waals surface area contributed by atoms with Gasteiger partial charge in [0.05, 0.1) is 5.56 Å². The predicted octanol–water partition coefficient (Wildman–Crippen LogP) is 1.22. The maximum Gasteiger partial charge on any atom is 0.254 e. The van der Waals surface area contributed by atoms with Crippen molar-refractivity contribution in [2.45, 2.75) is 19.4 Å². The number of aromatic nitrogens is 2. The van der Waals surface area contributed by atoms with Gasteiger partial charge >= 0.3 is 0 Å². The van der Waals surface area contributed by atoms with Crippen LogP contribution in [0.4, 0.5) is 0 Å². The van der Waals surface area contributed by atoms with E-state index >= 15 is 0 Å². The molecule has 1 heterocycles. The number of rotatable bonds is 4. The quantitative estimate of drug-likeness (QED) is 0.766. The number of nitrogens with one attached hydrogen (secondary N) is 1. The Morgan fingerprint density at radius 2 is 2.21 bits per heavy atom. The van der Waals surface area contributed by atoms with E-state index in [1.807, 2.05) is 6.92 Å². The molecule has 4 nitrogen and oxygen atoms in total. The number of alkyl halides is 1. The number of hydrogen-bond donors (Lipinski definition) is 1. The van der Waals surface area contributed by atoms with Crippen molar-refractivity contribution >= 4 is 17.5 Å². The van der Waals surface area contributed by atoms with Crippen LogP contribution in [0.1, 0.15) is 23.7 Å². The van der Waals surface area contributed by atoms with Crippen molar-refractivity contribution in [2.75, 3.05) is 5.88 Å². The van der Waals surface area contributed by atoms with Crippen LogP contribution in [0.15, 0.2) is 18.7 Å². The van der Waals surface area contributed by atoms with Crippen molar-refractivity contribution in [1.29, 1.82) is 0 Å². The van der Waals surface area contributed by atoms with Gasteiger partial charge in [-0.1, -0.05) is 0 Å². The van der Waals surface area contributed by atoms with Crippen molar-refractivity contribution in [3.05, 3.63) is 24.3 Å². The number of amides is 1. The first-order chi connectivity index (χ1) is 6.74.